The number of carboxylic acid groups (broad SMARTS) is 2. The fraction of sp³-hybridized carbons (Fsp3) is 0.619. The van der Waals surface area contributed by atoms with Crippen LogP contribution in [0.1, 0.15) is 44.2 Å². The zero-order chi connectivity index (χ0) is 20.4. The first-order chi connectivity index (χ1) is 12.7. The molecule has 0 aromatic heterocycles. The first-order valence-electron chi connectivity index (χ1n) is 9.57. The number of piperidine rings is 1. The van der Waals surface area contributed by atoms with Crippen molar-refractivity contribution < 1.29 is 24.5 Å². The number of benzene rings is 1. The van der Waals surface area contributed by atoms with Crippen LogP contribution in [0.3, 0.4) is 0 Å². The zero-order valence-corrected chi connectivity index (χ0v) is 16.9. The van der Waals surface area contributed by atoms with Crippen LogP contribution in [0.4, 0.5) is 0 Å². The molecule has 6 nitrogen and oxygen atoms in total. The molecule has 1 saturated heterocycles. The van der Waals surface area contributed by atoms with E-state index in [4.69, 9.17) is 24.5 Å². The van der Waals surface area contributed by atoms with Crippen LogP contribution < -0.4 is 4.74 Å². The summed E-state index contributed by atoms with van der Waals surface area (Å²) in [6, 6.07) is 6.41. The summed E-state index contributed by atoms with van der Waals surface area (Å²) in [5.74, 6) is -0.883. The first-order valence-corrected chi connectivity index (χ1v) is 9.57. The third-order valence-corrected chi connectivity index (χ3v) is 4.58. The Bertz CT molecular complexity index is 595. The molecule has 0 saturated carbocycles. The molecule has 1 aliphatic heterocycles. The van der Waals surface area contributed by atoms with Crippen molar-refractivity contribution >= 4 is 11.9 Å². The third kappa shape index (κ3) is 9.43. The predicted octanol–water partition coefficient (Wildman–Crippen LogP) is 3.60. The van der Waals surface area contributed by atoms with Gasteiger partial charge in [0, 0.05) is 13.1 Å². The Balaban J connectivity index is 0.000000527. The van der Waals surface area contributed by atoms with Gasteiger partial charge in [-0.25, -0.2) is 9.59 Å². The van der Waals surface area contributed by atoms with Gasteiger partial charge in [0.1, 0.15) is 5.75 Å². The molecule has 152 valence electrons. The van der Waals surface area contributed by atoms with Gasteiger partial charge in [-0.15, -0.1) is 0 Å². The van der Waals surface area contributed by atoms with Crippen LogP contribution in [0.2, 0.25) is 0 Å². The molecule has 27 heavy (non-hydrogen) atoms. The van der Waals surface area contributed by atoms with Crippen LogP contribution in [-0.4, -0.2) is 53.3 Å². The molecular weight excluding hydrogens is 346 g/mol. The van der Waals surface area contributed by atoms with Gasteiger partial charge in [-0.1, -0.05) is 31.5 Å². The van der Waals surface area contributed by atoms with Crippen molar-refractivity contribution in [2.75, 3.05) is 26.2 Å². The lowest BCUT2D eigenvalue weighted by molar-refractivity contribution is -0.159. The topological polar surface area (TPSA) is 87.1 Å². The number of rotatable bonds is 6. The number of nitrogens with zero attached hydrogens (tertiary/aromatic N) is 1. The van der Waals surface area contributed by atoms with Gasteiger partial charge in [-0.3, -0.25) is 0 Å². The Morgan fingerprint density at radius 2 is 1.67 bits per heavy atom. The molecule has 2 atom stereocenters. The molecular formula is C21H33NO5. The summed E-state index contributed by atoms with van der Waals surface area (Å²) in [5.41, 5.74) is 2.54. The van der Waals surface area contributed by atoms with Crippen molar-refractivity contribution in [1.82, 2.24) is 4.90 Å². The summed E-state index contributed by atoms with van der Waals surface area (Å²) < 4.78 is 5.90. The lowest BCUT2D eigenvalue weighted by Gasteiger charge is -2.34. The van der Waals surface area contributed by atoms with Gasteiger partial charge in [0.15, 0.2) is 0 Å². The van der Waals surface area contributed by atoms with Gasteiger partial charge in [0.05, 0.1) is 6.61 Å². The monoisotopic (exact) mass is 379 g/mol. The lowest BCUT2D eigenvalue weighted by atomic mass is 9.92. The van der Waals surface area contributed by atoms with Crippen LogP contribution in [0.5, 0.6) is 5.75 Å². The number of carbonyl (C=O) groups is 2. The Labute approximate surface area is 162 Å². The highest BCUT2D eigenvalue weighted by molar-refractivity contribution is 6.27. The van der Waals surface area contributed by atoms with Gasteiger partial charge < -0.3 is 19.8 Å². The normalized spacial score (nSPS) is 19.7. The minimum Gasteiger partial charge on any atom is -0.493 e. The molecule has 6 heteroatoms. The Kier molecular flexibility index (Phi) is 9.86. The van der Waals surface area contributed by atoms with E-state index in [2.05, 4.69) is 50.8 Å². The van der Waals surface area contributed by atoms with E-state index >= 15 is 0 Å². The van der Waals surface area contributed by atoms with Crippen molar-refractivity contribution in [2.45, 2.75) is 47.0 Å². The van der Waals surface area contributed by atoms with E-state index in [0.717, 1.165) is 30.6 Å². The van der Waals surface area contributed by atoms with Crippen LogP contribution in [0.25, 0.3) is 0 Å². The van der Waals surface area contributed by atoms with Gasteiger partial charge >= 0.3 is 11.9 Å². The highest BCUT2D eigenvalue weighted by atomic mass is 16.5. The number of unbranched alkanes of at least 4 members (excludes halogenated alkanes) is 1. The van der Waals surface area contributed by atoms with Gasteiger partial charge in [-0.2, -0.15) is 0 Å². The SMILES string of the molecule is Cc1ccc(OCCCCN2CC(C)CC(C)C2)c(C)c1.O=C(O)C(=O)O. The van der Waals surface area contributed by atoms with E-state index in [1.165, 1.54) is 43.6 Å². The number of aliphatic carboxylic acids is 2. The summed E-state index contributed by atoms with van der Waals surface area (Å²) in [5, 5.41) is 14.8. The summed E-state index contributed by atoms with van der Waals surface area (Å²) >= 11 is 0. The van der Waals surface area contributed by atoms with Crippen LogP contribution in [-0.2, 0) is 9.59 Å². The molecule has 1 aromatic carbocycles. The number of ether oxygens (including phenoxy) is 1. The second-order valence-corrected chi connectivity index (χ2v) is 7.64. The van der Waals surface area contributed by atoms with Crippen LogP contribution in [0, 0.1) is 25.7 Å². The molecule has 2 N–H and O–H groups in total. The van der Waals surface area contributed by atoms with E-state index in [1.807, 2.05) is 0 Å². The minimum absolute atomic E-state index is 0.836. The molecule has 0 radical (unpaired) electrons. The maximum Gasteiger partial charge on any atom is 0.414 e. The maximum absolute atomic E-state index is 9.10. The highest BCUT2D eigenvalue weighted by Crippen LogP contribution is 2.21. The Morgan fingerprint density at radius 1 is 1.07 bits per heavy atom. The number of carboxylic acids is 2. The molecule has 0 aliphatic carbocycles. The van der Waals surface area contributed by atoms with E-state index in [0.29, 0.717) is 0 Å². The van der Waals surface area contributed by atoms with Crippen molar-refractivity contribution in [1.29, 1.82) is 0 Å². The quantitative estimate of drug-likeness (QED) is 0.580. The number of hydrogen-bond acceptors (Lipinski definition) is 4. The highest BCUT2D eigenvalue weighted by Gasteiger charge is 2.20. The van der Waals surface area contributed by atoms with E-state index < -0.39 is 11.9 Å². The molecule has 0 amide bonds. The number of likely N-dealkylation sites (tertiary alicyclic amines) is 1. The first kappa shape index (κ1) is 23.0. The van der Waals surface area contributed by atoms with Gasteiger partial charge in [0.2, 0.25) is 0 Å². The minimum atomic E-state index is -1.82. The molecule has 0 spiro atoms. The summed E-state index contributed by atoms with van der Waals surface area (Å²) in [7, 11) is 0. The Morgan fingerprint density at radius 3 is 2.19 bits per heavy atom. The van der Waals surface area contributed by atoms with E-state index in [-0.39, 0.29) is 0 Å². The Hall–Kier alpha value is -2.08. The average molecular weight is 379 g/mol. The third-order valence-electron chi connectivity index (χ3n) is 4.58. The fourth-order valence-corrected chi connectivity index (χ4v) is 3.56. The van der Waals surface area contributed by atoms with Gasteiger partial charge in [0.25, 0.3) is 0 Å². The standard InChI is InChI=1S/C19H31NO.C2H2O4/c1-15-7-8-19(18(4)12-15)21-10-6-5-9-20-13-16(2)11-17(3)14-20;3-1(4)2(5)6/h7-8,12,16-17H,5-6,9-11,13-14H2,1-4H3;(H,3,4)(H,5,6). The molecule has 1 heterocycles. The summed E-state index contributed by atoms with van der Waals surface area (Å²) in [6.45, 7) is 13.6. The van der Waals surface area contributed by atoms with Crippen molar-refractivity contribution in [3.8, 4) is 5.75 Å². The molecule has 1 aliphatic rings. The van der Waals surface area contributed by atoms with Crippen molar-refractivity contribution in [3.05, 3.63) is 29.3 Å². The van der Waals surface area contributed by atoms with Crippen LogP contribution in [0.15, 0.2) is 18.2 Å². The second-order valence-electron chi connectivity index (χ2n) is 7.64. The maximum atomic E-state index is 9.10. The second kappa shape index (κ2) is 11.6. The van der Waals surface area contributed by atoms with Crippen LogP contribution >= 0.6 is 0 Å². The summed E-state index contributed by atoms with van der Waals surface area (Å²) in [4.78, 5) is 20.8. The predicted molar refractivity (Wildman–Crippen MR) is 105 cm³/mol. The zero-order valence-electron chi connectivity index (χ0n) is 16.9. The molecule has 2 rings (SSSR count). The molecule has 2 unspecified atom stereocenters. The molecule has 1 fully saturated rings. The molecule has 1 aromatic rings. The number of hydrogen-bond donors (Lipinski definition) is 2. The van der Waals surface area contributed by atoms with Gasteiger partial charge in [-0.05, 0) is 63.1 Å². The summed E-state index contributed by atoms with van der Waals surface area (Å²) in [6.07, 6.45) is 3.78. The van der Waals surface area contributed by atoms with Crippen molar-refractivity contribution in [3.63, 3.8) is 0 Å². The van der Waals surface area contributed by atoms with E-state index in [1.54, 1.807) is 0 Å². The fourth-order valence-electron chi connectivity index (χ4n) is 3.56. The smallest absolute Gasteiger partial charge is 0.414 e. The largest absolute Gasteiger partial charge is 0.493 e. The van der Waals surface area contributed by atoms with E-state index in [9.17, 15) is 0 Å². The van der Waals surface area contributed by atoms with Crippen molar-refractivity contribution in [2.24, 2.45) is 11.8 Å². The average Bonchev–Trinajstić information content (AvgIpc) is 2.56. The molecule has 0 bridgehead atoms. The lowest BCUT2D eigenvalue weighted by Crippen LogP contribution is -2.39. The number of aryl methyl sites for hydroxylation is 2.